The van der Waals surface area contributed by atoms with E-state index in [1.807, 2.05) is 37.3 Å². The van der Waals surface area contributed by atoms with Gasteiger partial charge in [0.2, 0.25) is 15.9 Å². The lowest BCUT2D eigenvalue weighted by atomic mass is 10.0. The van der Waals surface area contributed by atoms with Crippen molar-refractivity contribution < 1.29 is 13.2 Å². The van der Waals surface area contributed by atoms with E-state index in [0.29, 0.717) is 11.6 Å². The third-order valence-corrected chi connectivity index (χ3v) is 5.42. The molecule has 0 fully saturated rings. The van der Waals surface area contributed by atoms with Gasteiger partial charge in [0.25, 0.3) is 0 Å². The summed E-state index contributed by atoms with van der Waals surface area (Å²) in [4.78, 5) is 12.0. The van der Waals surface area contributed by atoms with E-state index in [1.165, 1.54) is 12.1 Å². The van der Waals surface area contributed by atoms with Crippen LogP contribution in [0.25, 0.3) is 0 Å². The lowest BCUT2D eigenvalue weighted by Crippen LogP contribution is -2.32. The smallest absolute Gasteiger partial charge is 0.240 e. The average molecular weight is 381 g/mol. The monoisotopic (exact) mass is 380 g/mol. The van der Waals surface area contributed by atoms with Gasteiger partial charge in [0.15, 0.2) is 0 Å². The molecule has 0 radical (unpaired) electrons. The van der Waals surface area contributed by atoms with Gasteiger partial charge in [-0.1, -0.05) is 54.9 Å². The first-order valence-electron chi connectivity index (χ1n) is 7.95. The van der Waals surface area contributed by atoms with E-state index >= 15 is 0 Å². The molecule has 0 aliphatic carbocycles. The fourth-order valence-electron chi connectivity index (χ4n) is 2.27. The molecule has 2 aromatic rings. The third kappa shape index (κ3) is 6.16. The Balaban J connectivity index is 1.77. The van der Waals surface area contributed by atoms with Crippen LogP contribution in [-0.4, -0.2) is 27.4 Å². The Labute approximate surface area is 153 Å². The maximum Gasteiger partial charge on any atom is 0.240 e. The van der Waals surface area contributed by atoms with Crippen LogP contribution in [0.2, 0.25) is 5.02 Å². The van der Waals surface area contributed by atoms with Crippen molar-refractivity contribution in [1.29, 1.82) is 0 Å². The molecule has 0 saturated heterocycles. The molecule has 0 aromatic heterocycles. The van der Waals surface area contributed by atoms with Crippen LogP contribution in [0.15, 0.2) is 59.5 Å². The van der Waals surface area contributed by atoms with E-state index in [9.17, 15) is 13.2 Å². The summed E-state index contributed by atoms with van der Waals surface area (Å²) >= 11 is 5.80. The van der Waals surface area contributed by atoms with Crippen molar-refractivity contribution >= 4 is 27.5 Å². The van der Waals surface area contributed by atoms with Gasteiger partial charge in [-0.25, -0.2) is 13.1 Å². The van der Waals surface area contributed by atoms with E-state index < -0.39 is 10.0 Å². The van der Waals surface area contributed by atoms with Gasteiger partial charge in [-0.2, -0.15) is 0 Å². The van der Waals surface area contributed by atoms with Crippen LogP contribution in [0.1, 0.15) is 24.8 Å². The molecule has 0 aliphatic rings. The number of rotatable bonds is 8. The second-order valence-electron chi connectivity index (χ2n) is 5.72. The Morgan fingerprint density at radius 2 is 1.84 bits per heavy atom. The number of hydrogen-bond acceptors (Lipinski definition) is 3. The summed E-state index contributed by atoms with van der Waals surface area (Å²) in [5.41, 5.74) is 1.14. The maximum absolute atomic E-state index is 12.1. The van der Waals surface area contributed by atoms with E-state index in [1.54, 1.807) is 12.1 Å². The van der Waals surface area contributed by atoms with Gasteiger partial charge in [-0.05, 0) is 29.7 Å². The summed E-state index contributed by atoms with van der Waals surface area (Å²) in [6.45, 7) is 2.56. The van der Waals surface area contributed by atoms with E-state index in [0.717, 1.165) is 5.56 Å². The Bertz CT molecular complexity index is 810. The van der Waals surface area contributed by atoms with Gasteiger partial charge in [-0.3, -0.25) is 4.79 Å². The molecule has 0 heterocycles. The molecule has 0 spiro atoms. The summed E-state index contributed by atoms with van der Waals surface area (Å²) in [6, 6.07) is 15.9. The largest absolute Gasteiger partial charge is 0.355 e. The highest BCUT2D eigenvalue weighted by Crippen LogP contribution is 2.15. The topological polar surface area (TPSA) is 75.3 Å². The van der Waals surface area contributed by atoms with Crippen molar-refractivity contribution in [2.24, 2.45) is 0 Å². The molecule has 7 heteroatoms. The zero-order valence-electron chi connectivity index (χ0n) is 13.9. The molecule has 5 nitrogen and oxygen atoms in total. The molecular formula is C18H21ClN2O3S. The van der Waals surface area contributed by atoms with Crippen molar-refractivity contribution in [2.75, 3.05) is 13.1 Å². The van der Waals surface area contributed by atoms with Crippen LogP contribution in [0.5, 0.6) is 0 Å². The van der Waals surface area contributed by atoms with E-state index in [-0.39, 0.29) is 29.7 Å². The van der Waals surface area contributed by atoms with Crippen LogP contribution in [0.4, 0.5) is 0 Å². The predicted molar refractivity (Wildman–Crippen MR) is 99.1 cm³/mol. The minimum atomic E-state index is -3.67. The summed E-state index contributed by atoms with van der Waals surface area (Å²) < 4.78 is 26.6. The Kier molecular flexibility index (Phi) is 6.99. The van der Waals surface area contributed by atoms with Gasteiger partial charge >= 0.3 is 0 Å². The number of hydrogen-bond donors (Lipinski definition) is 2. The average Bonchev–Trinajstić information content (AvgIpc) is 2.60. The number of sulfonamides is 1. The molecule has 25 heavy (non-hydrogen) atoms. The maximum atomic E-state index is 12.1. The van der Waals surface area contributed by atoms with Crippen molar-refractivity contribution in [1.82, 2.24) is 10.0 Å². The zero-order chi connectivity index (χ0) is 18.3. The number of benzene rings is 2. The summed E-state index contributed by atoms with van der Waals surface area (Å²) in [5.74, 6) is -0.00937. The fourth-order valence-corrected chi connectivity index (χ4v) is 3.60. The zero-order valence-corrected chi connectivity index (χ0v) is 15.5. The molecular weight excluding hydrogens is 360 g/mol. The predicted octanol–water partition coefficient (Wildman–Crippen LogP) is 2.93. The molecule has 2 rings (SSSR count). The summed E-state index contributed by atoms with van der Waals surface area (Å²) in [5, 5.41) is 3.16. The second kappa shape index (κ2) is 8.99. The molecule has 1 amide bonds. The summed E-state index contributed by atoms with van der Waals surface area (Å²) in [6.07, 6.45) is 0.0707. The van der Waals surface area contributed by atoms with Gasteiger partial charge in [0.1, 0.15) is 0 Å². The van der Waals surface area contributed by atoms with Crippen LogP contribution in [-0.2, 0) is 14.8 Å². The molecule has 0 bridgehead atoms. The van der Waals surface area contributed by atoms with Crippen LogP contribution < -0.4 is 10.0 Å². The molecule has 1 atom stereocenters. The lowest BCUT2D eigenvalue weighted by Gasteiger charge is -2.13. The number of nitrogens with one attached hydrogen (secondary N) is 2. The molecule has 0 aliphatic heterocycles. The first kappa shape index (κ1) is 19.4. The third-order valence-electron chi connectivity index (χ3n) is 3.72. The second-order valence-corrected chi connectivity index (χ2v) is 7.92. The fraction of sp³-hybridized carbons (Fsp3) is 0.278. The molecule has 1 unspecified atom stereocenters. The van der Waals surface area contributed by atoms with Crippen LogP contribution in [0, 0.1) is 0 Å². The van der Waals surface area contributed by atoms with Gasteiger partial charge in [0, 0.05) is 24.5 Å². The van der Waals surface area contributed by atoms with E-state index in [4.69, 9.17) is 11.6 Å². The van der Waals surface area contributed by atoms with Crippen LogP contribution in [0.3, 0.4) is 0 Å². The standard InChI is InChI=1S/C18H21ClN2O3S/c1-14(15-6-3-2-4-7-15)13-20-18(22)10-11-21-25(23,24)17-9-5-8-16(19)12-17/h2-9,12,14,21H,10-11,13H2,1H3,(H,20,22). The van der Waals surface area contributed by atoms with Gasteiger partial charge < -0.3 is 5.32 Å². The molecule has 2 N–H and O–H groups in total. The lowest BCUT2D eigenvalue weighted by molar-refractivity contribution is -0.120. The van der Waals surface area contributed by atoms with Crippen LogP contribution >= 0.6 is 11.6 Å². The highest BCUT2D eigenvalue weighted by atomic mass is 35.5. The molecule has 2 aromatic carbocycles. The van der Waals surface area contributed by atoms with E-state index in [2.05, 4.69) is 10.0 Å². The highest BCUT2D eigenvalue weighted by Gasteiger charge is 2.14. The summed E-state index contributed by atoms with van der Waals surface area (Å²) in [7, 11) is -3.67. The molecule has 134 valence electrons. The van der Waals surface area contributed by atoms with Gasteiger partial charge in [0.05, 0.1) is 4.90 Å². The SMILES string of the molecule is CC(CNC(=O)CCNS(=O)(=O)c1cccc(Cl)c1)c1ccccc1. The Morgan fingerprint density at radius 3 is 2.52 bits per heavy atom. The number of halogens is 1. The van der Waals surface area contributed by atoms with Crippen molar-refractivity contribution in [2.45, 2.75) is 24.2 Å². The minimum absolute atomic E-state index is 0.0282. The number of carbonyl (C=O) groups is 1. The minimum Gasteiger partial charge on any atom is -0.355 e. The number of amides is 1. The highest BCUT2D eigenvalue weighted by molar-refractivity contribution is 7.89. The van der Waals surface area contributed by atoms with Crippen molar-refractivity contribution in [3.05, 3.63) is 65.2 Å². The Hall–Kier alpha value is -1.89. The first-order valence-corrected chi connectivity index (χ1v) is 9.81. The van der Waals surface area contributed by atoms with Crippen molar-refractivity contribution in [3.8, 4) is 0 Å². The quantitative estimate of drug-likeness (QED) is 0.739. The van der Waals surface area contributed by atoms with Crippen molar-refractivity contribution in [3.63, 3.8) is 0 Å². The normalized spacial score (nSPS) is 12.6. The number of carbonyl (C=O) groups excluding carboxylic acids is 1. The van der Waals surface area contributed by atoms with Gasteiger partial charge in [-0.15, -0.1) is 0 Å². The Morgan fingerprint density at radius 1 is 1.12 bits per heavy atom. The molecule has 0 saturated carbocycles. The first-order chi connectivity index (χ1) is 11.9.